The van der Waals surface area contributed by atoms with Gasteiger partial charge in [-0.05, 0) is 32.0 Å². The summed E-state index contributed by atoms with van der Waals surface area (Å²) in [5.74, 6) is -0.0684. The van der Waals surface area contributed by atoms with Gasteiger partial charge in [0.25, 0.3) is 5.91 Å². The van der Waals surface area contributed by atoms with E-state index in [4.69, 9.17) is 16.3 Å². The smallest absolute Gasteiger partial charge is 0.416 e. The molecule has 0 atom stereocenters. The Hall–Kier alpha value is -2.55. The van der Waals surface area contributed by atoms with Gasteiger partial charge >= 0.3 is 6.18 Å². The van der Waals surface area contributed by atoms with Gasteiger partial charge in [0.05, 0.1) is 23.3 Å². The molecule has 1 amide bonds. The second-order valence-electron chi connectivity index (χ2n) is 5.67. The van der Waals surface area contributed by atoms with Crippen LogP contribution >= 0.6 is 11.6 Å². The first kappa shape index (κ1) is 21.7. The maximum Gasteiger partial charge on any atom is 0.416 e. The van der Waals surface area contributed by atoms with E-state index in [0.29, 0.717) is 19.0 Å². The van der Waals surface area contributed by atoms with E-state index in [1.54, 1.807) is 0 Å². The van der Waals surface area contributed by atoms with Crippen LogP contribution in [0.1, 0.15) is 29.9 Å². The van der Waals surface area contributed by atoms with E-state index in [9.17, 15) is 18.0 Å². The van der Waals surface area contributed by atoms with Crippen LogP contribution in [0.15, 0.2) is 30.5 Å². The first-order chi connectivity index (χ1) is 13.3. The molecule has 0 radical (unpaired) electrons. The van der Waals surface area contributed by atoms with Gasteiger partial charge in [-0.15, -0.1) is 0 Å². The third-order valence-corrected chi connectivity index (χ3v) is 4.09. The van der Waals surface area contributed by atoms with Gasteiger partial charge in [-0.1, -0.05) is 17.7 Å². The summed E-state index contributed by atoms with van der Waals surface area (Å²) < 4.78 is 43.3. The van der Waals surface area contributed by atoms with Crippen molar-refractivity contribution in [3.8, 4) is 5.75 Å². The lowest BCUT2D eigenvalue weighted by Gasteiger charge is -2.19. The predicted octanol–water partition coefficient (Wildman–Crippen LogP) is 3.80. The highest BCUT2D eigenvalue weighted by molar-refractivity contribution is 6.33. The number of nitrogens with zero attached hydrogens (tertiary/aromatic N) is 3. The molecule has 152 valence electrons. The number of rotatable bonds is 8. The Morgan fingerprint density at radius 3 is 2.64 bits per heavy atom. The molecule has 0 saturated heterocycles. The van der Waals surface area contributed by atoms with E-state index in [0.717, 1.165) is 12.1 Å². The van der Waals surface area contributed by atoms with Gasteiger partial charge in [0, 0.05) is 13.1 Å². The van der Waals surface area contributed by atoms with Crippen molar-refractivity contribution in [3.63, 3.8) is 0 Å². The predicted molar refractivity (Wildman–Crippen MR) is 99.9 cm³/mol. The Labute approximate surface area is 165 Å². The van der Waals surface area contributed by atoms with E-state index in [1.807, 2.05) is 18.7 Å². The molecule has 1 aromatic heterocycles. The number of carbonyl (C=O) groups is 1. The fraction of sp³-hybridized carbons (Fsp3) is 0.389. The molecule has 1 aromatic carbocycles. The lowest BCUT2D eigenvalue weighted by atomic mass is 10.2. The quantitative estimate of drug-likeness (QED) is 0.663. The van der Waals surface area contributed by atoms with Gasteiger partial charge in [0.15, 0.2) is 5.69 Å². The molecule has 0 unspecified atom stereocenters. The molecule has 1 heterocycles. The molecule has 6 nitrogen and oxygen atoms in total. The zero-order valence-electron chi connectivity index (χ0n) is 15.4. The van der Waals surface area contributed by atoms with Crippen molar-refractivity contribution >= 4 is 23.5 Å². The molecule has 0 aliphatic carbocycles. The monoisotopic (exact) mass is 416 g/mol. The maximum absolute atomic E-state index is 12.7. The first-order valence-electron chi connectivity index (χ1n) is 8.62. The number of hydrogen-bond acceptors (Lipinski definition) is 5. The van der Waals surface area contributed by atoms with Crippen LogP contribution in [0.3, 0.4) is 0 Å². The summed E-state index contributed by atoms with van der Waals surface area (Å²) in [4.78, 5) is 22.5. The zero-order chi connectivity index (χ0) is 20.7. The Morgan fingerprint density at radius 2 is 2.00 bits per heavy atom. The molecule has 2 aromatic rings. The summed E-state index contributed by atoms with van der Waals surface area (Å²) in [7, 11) is 0. The van der Waals surface area contributed by atoms with Gasteiger partial charge in [-0.3, -0.25) is 4.79 Å². The Morgan fingerprint density at radius 1 is 1.29 bits per heavy atom. The van der Waals surface area contributed by atoms with Gasteiger partial charge in [0.2, 0.25) is 5.95 Å². The van der Waals surface area contributed by atoms with Crippen LogP contribution in [-0.2, 0) is 6.18 Å². The Kier molecular flexibility index (Phi) is 7.45. The minimum atomic E-state index is -4.44. The number of amides is 1. The van der Waals surface area contributed by atoms with Crippen LogP contribution in [0.5, 0.6) is 5.75 Å². The van der Waals surface area contributed by atoms with Gasteiger partial charge < -0.3 is 15.0 Å². The number of anilines is 1. The van der Waals surface area contributed by atoms with Crippen molar-refractivity contribution in [1.29, 1.82) is 0 Å². The van der Waals surface area contributed by atoms with E-state index in [2.05, 4.69) is 15.3 Å². The van der Waals surface area contributed by atoms with E-state index < -0.39 is 17.6 Å². The fourth-order valence-electron chi connectivity index (χ4n) is 2.36. The average Bonchev–Trinajstić information content (AvgIpc) is 2.67. The molecule has 0 aliphatic rings. The number of alkyl halides is 3. The first-order valence-corrected chi connectivity index (χ1v) is 8.99. The summed E-state index contributed by atoms with van der Waals surface area (Å²) in [5.41, 5.74) is -0.775. The van der Waals surface area contributed by atoms with E-state index in [1.165, 1.54) is 18.3 Å². The number of benzene rings is 1. The molecule has 28 heavy (non-hydrogen) atoms. The molecule has 1 N–H and O–H groups in total. The highest BCUT2D eigenvalue weighted by atomic mass is 35.5. The normalized spacial score (nSPS) is 11.2. The maximum atomic E-state index is 12.7. The van der Waals surface area contributed by atoms with Crippen LogP contribution < -0.4 is 15.0 Å². The Balaban J connectivity index is 1.93. The Bertz CT molecular complexity index is 814. The molecule has 10 heteroatoms. The molecular formula is C18H20ClF3N4O2. The van der Waals surface area contributed by atoms with Crippen LogP contribution in [0.4, 0.5) is 19.1 Å². The molecular weight excluding hydrogens is 397 g/mol. The molecule has 0 saturated carbocycles. The summed E-state index contributed by atoms with van der Waals surface area (Å²) in [6, 6.07) is 4.53. The average molecular weight is 417 g/mol. The second-order valence-corrected chi connectivity index (χ2v) is 6.08. The summed E-state index contributed by atoms with van der Waals surface area (Å²) in [6.45, 7) is 5.27. The number of ether oxygens (including phenoxy) is 1. The van der Waals surface area contributed by atoms with Crippen molar-refractivity contribution in [2.45, 2.75) is 20.0 Å². The zero-order valence-corrected chi connectivity index (χ0v) is 16.1. The summed E-state index contributed by atoms with van der Waals surface area (Å²) >= 11 is 6.01. The van der Waals surface area contributed by atoms with Crippen LogP contribution in [-0.4, -0.2) is 42.1 Å². The molecule has 0 fully saturated rings. The van der Waals surface area contributed by atoms with Gasteiger partial charge in [-0.2, -0.15) is 13.2 Å². The lowest BCUT2D eigenvalue weighted by Crippen LogP contribution is -2.30. The summed E-state index contributed by atoms with van der Waals surface area (Å²) in [5, 5.41) is 2.68. The van der Waals surface area contributed by atoms with Crippen molar-refractivity contribution < 1.29 is 22.7 Å². The van der Waals surface area contributed by atoms with E-state index in [-0.39, 0.29) is 29.6 Å². The SMILES string of the molecule is CCN(CC)c1ncc(Cl)c(C(=O)NCCOc2cccc(C(F)(F)F)c2)n1. The second kappa shape index (κ2) is 9.59. The van der Waals surface area contributed by atoms with Crippen LogP contribution in [0.2, 0.25) is 5.02 Å². The molecule has 0 bridgehead atoms. The highest BCUT2D eigenvalue weighted by Crippen LogP contribution is 2.31. The number of aromatic nitrogens is 2. The third kappa shape index (κ3) is 5.72. The van der Waals surface area contributed by atoms with Crippen molar-refractivity contribution in [1.82, 2.24) is 15.3 Å². The highest BCUT2D eigenvalue weighted by Gasteiger charge is 2.30. The molecule has 0 spiro atoms. The molecule has 0 aliphatic heterocycles. The van der Waals surface area contributed by atoms with Gasteiger partial charge in [-0.25, -0.2) is 9.97 Å². The van der Waals surface area contributed by atoms with Crippen molar-refractivity contribution in [2.24, 2.45) is 0 Å². The van der Waals surface area contributed by atoms with E-state index >= 15 is 0 Å². The number of carbonyl (C=O) groups excluding carboxylic acids is 1. The van der Waals surface area contributed by atoms with Gasteiger partial charge in [0.1, 0.15) is 12.4 Å². The number of hydrogen-bond donors (Lipinski definition) is 1. The standard InChI is InChI=1S/C18H20ClF3N4O2/c1-3-26(4-2)17-24-11-14(19)15(25-17)16(27)23-8-9-28-13-7-5-6-12(10-13)18(20,21)22/h5-7,10-11H,3-4,8-9H2,1-2H3,(H,23,27). The fourth-order valence-corrected chi connectivity index (χ4v) is 2.53. The topological polar surface area (TPSA) is 67.4 Å². The van der Waals surface area contributed by atoms with Crippen molar-refractivity contribution in [3.05, 3.63) is 46.7 Å². The number of nitrogens with one attached hydrogen (secondary N) is 1. The lowest BCUT2D eigenvalue weighted by molar-refractivity contribution is -0.137. The minimum absolute atomic E-state index is 0.0152. The van der Waals surface area contributed by atoms with Crippen LogP contribution in [0.25, 0.3) is 0 Å². The largest absolute Gasteiger partial charge is 0.492 e. The van der Waals surface area contributed by atoms with Crippen molar-refractivity contribution in [2.75, 3.05) is 31.1 Å². The summed E-state index contributed by atoms with van der Waals surface area (Å²) in [6.07, 6.45) is -3.09. The minimum Gasteiger partial charge on any atom is -0.492 e. The van der Waals surface area contributed by atoms with Crippen LogP contribution in [0, 0.1) is 0 Å². The number of halogens is 4. The third-order valence-electron chi connectivity index (χ3n) is 3.81. The molecule has 2 rings (SSSR count).